The van der Waals surface area contributed by atoms with Crippen molar-refractivity contribution < 1.29 is 43.2 Å². The lowest BCUT2D eigenvalue weighted by atomic mass is 9.82. The van der Waals surface area contributed by atoms with Crippen LogP contribution in [0.25, 0.3) is 0 Å². The number of carbonyl (C=O) groups excluding carboxylic acids is 4. The second-order valence-corrected chi connectivity index (χ2v) is 15.0. The van der Waals surface area contributed by atoms with Crippen molar-refractivity contribution in [2.75, 3.05) is 18.2 Å². The lowest BCUT2D eigenvalue weighted by Crippen LogP contribution is -2.30. The molecule has 3 aromatic carbocycles. The van der Waals surface area contributed by atoms with Crippen LogP contribution < -0.4 is 19.2 Å². The van der Waals surface area contributed by atoms with Crippen molar-refractivity contribution in [3.8, 4) is 23.0 Å². The average Bonchev–Trinajstić information content (AvgIpc) is 3.33. The van der Waals surface area contributed by atoms with Gasteiger partial charge in [0.15, 0.2) is 0 Å². The van der Waals surface area contributed by atoms with Crippen LogP contribution in [0.1, 0.15) is 116 Å². The highest BCUT2D eigenvalue weighted by Crippen LogP contribution is 2.32. The van der Waals surface area contributed by atoms with E-state index in [9.17, 15) is 24.3 Å². The topological polar surface area (TPSA) is 153 Å². The predicted octanol–water partition coefficient (Wildman–Crippen LogP) is 12.0. The molecule has 0 aromatic heterocycles. The maximum atomic E-state index is 13.2. The Hall–Kier alpha value is -6.56. The molecule has 1 N–H and O–H groups in total. The van der Waals surface area contributed by atoms with Gasteiger partial charge in [0.2, 0.25) is 0 Å². The summed E-state index contributed by atoms with van der Waals surface area (Å²) >= 11 is 0. The molecule has 1 saturated carbocycles. The number of aldehydes is 1. The standard InChI is InChI=1S/C46H53N3O8.C5H10O.C2H6/c1-7-32(4)41(8-2)48-34(6)49(42-17-13-12-16-33(42)5)47-31-37-30-40(26-27-43(37)50)57-46(53)36-20-18-35(19-21-36)45(52)56-39-24-22-38(23-25-39)54-28-14-10-11-15-29-55-44(51)9-3;1-2-3-4-5-6;1-2/h7-9,12-13,16-17,22-27,30-31,35-36,50H,1-3,10-11,14-15,18-21,28-29H2,4-6H3;5H,2-4H2,1H3;1-2H3/b41-32+,47-31+,48-34?;;. The summed E-state index contributed by atoms with van der Waals surface area (Å²) in [5.74, 6) is 0.0559. The number of nitrogens with zero attached hydrogens (tertiary/aromatic N) is 3. The molecule has 0 unspecified atom stereocenters. The molecule has 1 fully saturated rings. The third-order valence-corrected chi connectivity index (χ3v) is 10.2. The fraction of sp³-hybridized carbons (Fsp3) is 0.396. The number of hydrogen-bond donors (Lipinski definition) is 1. The molecule has 4 rings (SSSR count). The Morgan fingerprint density at radius 2 is 1.35 bits per heavy atom. The highest BCUT2D eigenvalue weighted by atomic mass is 16.5. The molecule has 12 heteroatoms. The van der Waals surface area contributed by atoms with Crippen molar-refractivity contribution in [1.29, 1.82) is 0 Å². The van der Waals surface area contributed by atoms with Crippen LogP contribution in [-0.4, -0.2) is 54.6 Å². The van der Waals surface area contributed by atoms with Crippen molar-refractivity contribution in [3.05, 3.63) is 127 Å². The van der Waals surface area contributed by atoms with E-state index in [0.717, 1.165) is 74.1 Å². The first-order chi connectivity index (χ1) is 31.4. The van der Waals surface area contributed by atoms with Crippen molar-refractivity contribution in [1.82, 2.24) is 0 Å². The fourth-order valence-electron chi connectivity index (χ4n) is 6.40. The van der Waals surface area contributed by atoms with Crippen LogP contribution in [0.5, 0.6) is 23.0 Å². The number of aryl methyl sites for hydroxylation is 1. The number of ether oxygens (including phenoxy) is 4. The summed E-state index contributed by atoms with van der Waals surface area (Å²) in [6.07, 6.45) is 15.4. The van der Waals surface area contributed by atoms with Gasteiger partial charge in [-0.1, -0.05) is 71.2 Å². The van der Waals surface area contributed by atoms with E-state index in [1.54, 1.807) is 47.5 Å². The molecule has 0 bridgehead atoms. The zero-order valence-electron chi connectivity index (χ0n) is 39.3. The fourth-order valence-corrected chi connectivity index (χ4v) is 6.40. The number of aliphatic imine (C=N–C) groups is 1. The number of rotatable bonds is 22. The van der Waals surface area contributed by atoms with Gasteiger partial charge in [0.05, 0.1) is 42.6 Å². The minimum Gasteiger partial charge on any atom is -0.507 e. The highest BCUT2D eigenvalue weighted by molar-refractivity contribution is 5.99. The summed E-state index contributed by atoms with van der Waals surface area (Å²) in [7, 11) is 0. The first kappa shape index (κ1) is 54.6. The Kier molecular flexibility index (Phi) is 26.3. The number of hydrazone groups is 1. The SMILES string of the molecule is C=CC(=O)OCCCCCCOc1ccc(OC(=O)C2CCC(C(=O)Oc3ccc(O)c(/C=N/N(C(C)=N/C(C=C)=C(\C)C=C)c4ccccc4C)c3)CC2)cc1.CC.CCCCC=O. The summed E-state index contributed by atoms with van der Waals surface area (Å²) in [6, 6.07) is 19.2. The van der Waals surface area contributed by atoms with Crippen molar-refractivity contribution in [3.63, 3.8) is 0 Å². The van der Waals surface area contributed by atoms with E-state index < -0.39 is 11.9 Å². The molecule has 350 valence electrons. The molecule has 0 saturated heterocycles. The minimum absolute atomic E-state index is 0.0396. The maximum Gasteiger partial charge on any atom is 0.330 e. The van der Waals surface area contributed by atoms with Gasteiger partial charge in [-0.2, -0.15) is 5.10 Å². The number of aromatic hydroxyl groups is 1. The Bertz CT molecular complexity index is 2080. The van der Waals surface area contributed by atoms with Gasteiger partial charge in [-0.3, -0.25) is 9.59 Å². The van der Waals surface area contributed by atoms with Crippen LogP contribution in [0.2, 0.25) is 0 Å². The van der Waals surface area contributed by atoms with Crippen LogP contribution in [0.15, 0.2) is 126 Å². The zero-order valence-corrected chi connectivity index (χ0v) is 39.3. The van der Waals surface area contributed by atoms with E-state index in [-0.39, 0.29) is 29.3 Å². The molecule has 0 radical (unpaired) electrons. The molecule has 3 aromatic rings. The maximum absolute atomic E-state index is 13.2. The zero-order chi connectivity index (χ0) is 48.0. The van der Waals surface area contributed by atoms with Crippen LogP contribution >= 0.6 is 0 Å². The van der Waals surface area contributed by atoms with Gasteiger partial charge >= 0.3 is 17.9 Å². The number of amidine groups is 1. The minimum atomic E-state index is -0.404. The number of phenols is 1. The predicted molar refractivity (Wildman–Crippen MR) is 261 cm³/mol. The average molecular weight is 892 g/mol. The number of allylic oxidation sites excluding steroid dienone is 3. The highest BCUT2D eigenvalue weighted by Gasteiger charge is 2.32. The molecule has 0 amide bonds. The number of para-hydroxylation sites is 1. The Labute approximate surface area is 386 Å². The lowest BCUT2D eigenvalue weighted by Gasteiger charge is -2.25. The third-order valence-electron chi connectivity index (χ3n) is 10.2. The van der Waals surface area contributed by atoms with Gasteiger partial charge in [-0.25, -0.2) is 14.8 Å². The van der Waals surface area contributed by atoms with Gasteiger partial charge in [-0.15, -0.1) is 0 Å². The Morgan fingerprint density at radius 1 is 0.769 bits per heavy atom. The summed E-state index contributed by atoms with van der Waals surface area (Å²) < 4.78 is 22.2. The van der Waals surface area contributed by atoms with E-state index in [0.29, 0.717) is 67.5 Å². The van der Waals surface area contributed by atoms with Crippen LogP contribution in [-0.2, 0) is 23.9 Å². The Balaban J connectivity index is 0.00000167. The molecule has 0 atom stereocenters. The van der Waals surface area contributed by atoms with E-state index >= 15 is 0 Å². The number of hydrogen-bond acceptors (Lipinski definition) is 11. The number of unbranched alkanes of at least 4 members (excludes halogenated alkanes) is 5. The molecule has 12 nitrogen and oxygen atoms in total. The van der Waals surface area contributed by atoms with Crippen molar-refractivity contribution in [2.24, 2.45) is 21.9 Å². The smallest absolute Gasteiger partial charge is 0.330 e. The number of phenolic OH excluding ortho intramolecular Hbond substituents is 1. The van der Waals surface area contributed by atoms with Gasteiger partial charge in [0, 0.05) is 18.1 Å². The summed E-state index contributed by atoms with van der Waals surface area (Å²) in [5, 5.41) is 17.1. The second kappa shape index (κ2) is 31.3. The first-order valence-corrected chi connectivity index (χ1v) is 22.6. The normalized spacial score (nSPS) is 14.8. The number of carbonyl (C=O) groups is 4. The van der Waals surface area contributed by atoms with Gasteiger partial charge in [-0.05, 0) is 144 Å². The largest absolute Gasteiger partial charge is 0.507 e. The monoisotopic (exact) mass is 892 g/mol. The second-order valence-electron chi connectivity index (χ2n) is 15.0. The van der Waals surface area contributed by atoms with Gasteiger partial charge in [0.25, 0.3) is 0 Å². The van der Waals surface area contributed by atoms with E-state index in [1.807, 2.05) is 58.9 Å². The Morgan fingerprint density at radius 3 is 1.91 bits per heavy atom. The van der Waals surface area contributed by atoms with Crippen LogP contribution in [0, 0.1) is 18.8 Å². The molecular formula is C53H69N3O9. The molecule has 0 spiro atoms. The van der Waals surface area contributed by atoms with Crippen LogP contribution in [0.3, 0.4) is 0 Å². The molecule has 65 heavy (non-hydrogen) atoms. The summed E-state index contributed by atoms with van der Waals surface area (Å²) in [5.41, 5.74) is 3.61. The molecule has 0 heterocycles. The van der Waals surface area contributed by atoms with E-state index in [2.05, 4.69) is 26.7 Å². The number of anilines is 1. The molecule has 1 aliphatic rings. The van der Waals surface area contributed by atoms with Crippen molar-refractivity contribution >= 4 is 41.9 Å². The summed E-state index contributed by atoms with van der Waals surface area (Å²) in [6.45, 7) is 23.8. The van der Waals surface area contributed by atoms with E-state index in [1.165, 1.54) is 18.3 Å². The molecule has 0 aliphatic heterocycles. The van der Waals surface area contributed by atoms with Crippen molar-refractivity contribution in [2.45, 2.75) is 112 Å². The van der Waals surface area contributed by atoms with Gasteiger partial charge < -0.3 is 28.8 Å². The van der Waals surface area contributed by atoms with Crippen LogP contribution in [0.4, 0.5) is 5.69 Å². The van der Waals surface area contributed by atoms with Gasteiger partial charge in [0.1, 0.15) is 35.1 Å². The quantitative estimate of drug-likeness (QED) is 0.0119. The number of benzene rings is 3. The van der Waals surface area contributed by atoms with E-state index in [4.69, 9.17) is 29.0 Å². The first-order valence-electron chi connectivity index (χ1n) is 22.6. The third kappa shape index (κ3) is 19.8. The lowest BCUT2D eigenvalue weighted by molar-refractivity contribution is -0.145. The summed E-state index contributed by atoms with van der Waals surface area (Å²) in [4.78, 5) is 51.6. The molecule has 1 aliphatic carbocycles. The number of esters is 3. The molecular weight excluding hydrogens is 823 g/mol.